The van der Waals surface area contributed by atoms with E-state index < -0.39 is 18.0 Å². The average molecular weight is 405 g/mol. The molecule has 2 rings (SSSR count). The van der Waals surface area contributed by atoms with Gasteiger partial charge in [-0.15, -0.1) is 0 Å². The van der Waals surface area contributed by atoms with E-state index in [2.05, 4.69) is 25.1 Å². The first kappa shape index (κ1) is 23.4. The molecule has 162 valence electrons. The van der Waals surface area contributed by atoms with E-state index in [4.69, 9.17) is 15.2 Å². The Labute approximate surface area is 174 Å². The molecule has 1 aliphatic carbocycles. The molecule has 0 radical (unpaired) electrons. The van der Waals surface area contributed by atoms with Crippen LogP contribution in [-0.4, -0.2) is 44.2 Å². The molecule has 0 aromatic heterocycles. The Balaban J connectivity index is 2.01. The Hall–Kier alpha value is -1.92. The first-order chi connectivity index (χ1) is 13.8. The molecule has 6 nitrogen and oxygen atoms in total. The van der Waals surface area contributed by atoms with Crippen molar-refractivity contribution >= 4 is 12.1 Å². The quantitative estimate of drug-likeness (QED) is 0.397. The van der Waals surface area contributed by atoms with Crippen molar-refractivity contribution in [2.75, 3.05) is 27.2 Å². The van der Waals surface area contributed by atoms with Gasteiger partial charge >= 0.3 is 12.1 Å². The van der Waals surface area contributed by atoms with Crippen LogP contribution in [0.1, 0.15) is 57.4 Å². The smallest absolute Gasteiger partial charge is 0.395 e. The number of ether oxygens (including phenoxy) is 2. The van der Waals surface area contributed by atoms with Gasteiger partial charge in [0.25, 0.3) is 0 Å². The van der Waals surface area contributed by atoms with Crippen molar-refractivity contribution < 1.29 is 19.1 Å². The SMILES string of the molecule is CC(C)CC(CN)C(=O)OC(=O)Oc1cccc(C2CCCCC2CN(C)C)c1. The van der Waals surface area contributed by atoms with Crippen LogP contribution in [0.4, 0.5) is 4.79 Å². The maximum absolute atomic E-state index is 12.2. The fourth-order valence-corrected chi connectivity index (χ4v) is 4.28. The predicted molar refractivity (Wildman–Crippen MR) is 114 cm³/mol. The van der Waals surface area contributed by atoms with Crippen LogP contribution in [0.25, 0.3) is 0 Å². The second-order valence-electron chi connectivity index (χ2n) is 8.82. The number of rotatable bonds is 8. The van der Waals surface area contributed by atoms with Gasteiger partial charge in [0, 0.05) is 13.1 Å². The van der Waals surface area contributed by atoms with Crippen LogP contribution in [-0.2, 0) is 9.53 Å². The van der Waals surface area contributed by atoms with Gasteiger partial charge in [0.15, 0.2) is 0 Å². The fourth-order valence-electron chi connectivity index (χ4n) is 4.28. The monoisotopic (exact) mass is 404 g/mol. The summed E-state index contributed by atoms with van der Waals surface area (Å²) in [6.07, 6.45) is 4.40. The van der Waals surface area contributed by atoms with Gasteiger partial charge in [0.05, 0.1) is 5.92 Å². The molecule has 0 bridgehead atoms. The normalized spacial score (nSPS) is 20.5. The number of carbonyl (C=O) groups excluding carboxylic acids is 2. The highest BCUT2D eigenvalue weighted by molar-refractivity contribution is 5.84. The molecule has 0 heterocycles. The lowest BCUT2D eigenvalue weighted by atomic mass is 9.75. The molecule has 0 aliphatic heterocycles. The Kier molecular flexibility index (Phi) is 9.11. The standard InChI is InChI=1S/C23H36N2O4/c1-16(2)12-19(14-24)22(26)29-23(27)28-20-10-7-9-17(13-20)21-11-6-5-8-18(21)15-25(3)4/h7,9-10,13,16,18-19,21H,5-6,8,11-12,14-15,24H2,1-4H3. The van der Waals surface area contributed by atoms with Gasteiger partial charge in [-0.3, -0.25) is 4.79 Å². The van der Waals surface area contributed by atoms with E-state index in [9.17, 15) is 9.59 Å². The molecule has 0 saturated heterocycles. The van der Waals surface area contributed by atoms with E-state index in [-0.39, 0.29) is 12.5 Å². The van der Waals surface area contributed by atoms with Gasteiger partial charge < -0.3 is 20.1 Å². The van der Waals surface area contributed by atoms with Crippen molar-refractivity contribution in [2.24, 2.45) is 23.5 Å². The molecule has 0 spiro atoms. The topological polar surface area (TPSA) is 81.9 Å². The molecule has 2 N–H and O–H groups in total. The molecule has 6 heteroatoms. The maximum Gasteiger partial charge on any atom is 0.521 e. The minimum atomic E-state index is -0.997. The zero-order valence-corrected chi connectivity index (χ0v) is 18.2. The Morgan fingerprint density at radius 3 is 2.59 bits per heavy atom. The molecule has 0 amide bonds. The Bertz CT molecular complexity index is 675. The van der Waals surface area contributed by atoms with Gasteiger partial charge in [0.1, 0.15) is 5.75 Å². The van der Waals surface area contributed by atoms with Crippen LogP contribution in [0.3, 0.4) is 0 Å². The molecular weight excluding hydrogens is 368 g/mol. The molecule has 1 aliphatic rings. The van der Waals surface area contributed by atoms with Gasteiger partial charge in [-0.05, 0) is 68.8 Å². The number of esters is 1. The van der Waals surface area contributed by atoms with Gasteiger partial charge in [-0.1, -0.05) is 38.8 Å². The summed E-state index contributed by atoms with van der Waals surface area (Å²) in [6, 6.07) is 7.60. The van der Waals surface area contributed by atoms with E-state index in [1.165, 1.54) is 24.8 Å². The third-order valence-electron chi connectivity index (χ3n) is 5.55. The zero-order chi connectivity index (χ0) is 21.4. The second kappa shape index (κ2) is 11.3. The third kappa shape index (κ3) is 7.44. The van der Waals surface area contributed by atoms with Crippen molar-refractivity contribution in [3.63, 3.8) is 0 Å². The van der Waals surface area contributed by atoms with Gasteiger partial charge in [-0.25, -0.2) is 4.79 Å². The first-order valence-electron chi connectivity index (χ1n) is 10.7. The minimum absolute atomic E-state index is 0.148. The van der Waals surface area contributed by atoms with Crippen molar-refractivity contribution in [3.05, 3.63) is 29.8 Å². The molecule has 3 atom stereocenters. The third-order valence-corrected chi connectivity index (χ3v) is 5.55. The number of hydrogen-bond acceptors (Lipinski definition) is 6. The lowest BCUT2D eigenvalue weighted by molar-refractivity contribution is -0.143. The molecule has 1 saturated carbocycles. The average Bonchev–Trinajstić information content (AvgIpc) is 2.66. The van der Waals surface area contributed by atoms with Crippen molar-refractivity contribution in [1.82, 2.24) is 4.90 Å². The van der Waals surface area contributed by atoms with E-state index in [0.29, 0.717) is 24.0 Å². The highest BCUT2D eigenvalue weighted by Gasteiger charge is 2.28. The molecule has 1 aromatic rings. The predicted octanol–water partition coefficient (Wildman–Crippen LogP) is 4.19. The summed E-state index contributed by atoms with van der Waals surface area (Å²) in [5.74, 6) is 0.601. The molecule has 1 fully saturated rings. The summed E-state index contributed by atoms with van der Waals surface area (Å²) >= 11 is 0. The van der Waals surface area contributed by atoms with Crippen molar-refractivity contribution in [3.8, 4) is 5.75 Å². The lowest BCUT2D eigenvalue weighted by Gasteiger charge is -2.34. The van der Waals surface area contributed by atoms with Crippen LogP contribution in [0.2, 0.25) is 0 Å². The first-order valence-corrected chi connectivity index (χ1v) is 10.7. The van der Waals surface area contributed by atoms with E-state index >= 15 is 0 Å². The van der Waals surface area contributed by atoms with Gasteiger partial charge in [0.2, 0.25) is 0 Å². The molecule has 3 unspecified atom stereocenters. The van der Waals surface area contributed by atoms with E-state index in [1.807, 2.05) is 26.0 Å². The molecule has 29 heavy (non-hydrogen) atoms. The Morgan fingerprint density at radius 1 is 1.21 bits per heavy atom. The summed E-state index contributed by atoms with van der Waals surface area (Å²) < 4.78 is 10.2. The summed E-state index contributed by atoms with van der Waals surface area (Å²) in [4.78, 5) is 26.5. The number of nitrogens with two attached hydrogens (primary N) is 1. The van der Waals surface area contributed by atoms with Crippen LogP contribution >= 0.6 is 0 Å². The van der Waals surface area contributed by atoms with Crippen LogP contribution in [0, 0.1) is 17.8 Å². The number of hydrogen-bond donors (Lipinski definition) is 1. The van der Waals surface area contributed by atoms with Crippen LogP contribution < -0.4 is 10.5 Å². The van der Waals surface area contributed by atoms with E-state index in [1.54, 1.807) is 6.07 Å². The van der Waals surface area contributed by atoms with Crippen LogP contribution in [0.15, 0.2) is 24.3 Å². The summed E-state index contributed by atoms with van der Waals surface area (Å²) in [7, 11) is 4.21. The molecular formula is C23H36N2O4. The van der Waals surface area contributed by atoms with Gasteiger partial charge in [-0.2, -0.15) is 0 Å². The molecule has 1 aromatic carbocycles. The zero-order valence-electron chi connectivity index (χ0n) is 18.2. The number of benzene rings is 1. The largest absolute Gasteiger partial charge is 0.521 e. The Morgan fingerprint density at radius 2 is 1.93 bits per heavy atom. The highest BCUT2D eigenvalue weighted by Crippen LogP contribution is 2.39. The number of carbonyl (C=O) groups is 2. The van der Waals surface area contributed by atoms with Crippen molar-refractivity contribution in [2.45, 2.75) is 51.9 Å². The van der Waals surface area contributed by atoms with Crippen LogP contribution in [0.5, 0.6) is 5.75 Å². The summed E-state index contributed by atoms with van der Waals surface area (Å²) in [5.41, 5.74) is 6.82. The number of nitrogens with zero attached hydrogens (tertiary/aromatic N) is 1. The lowest BCUT2D eigenvalue weighted by Crippen LogP contribution is -2.30. The summed E-state index contributed by atoms with van der Waals surface area (Å²) in [5, 5.41) is 0. The highest BCUT2D eigenvalue weighted by atomic mass is 16.7. The second-order valence-corrected chi connectivity index (χ2v) is 8.82. The summed E-state index contributed by atoms with van der Waals surface area (Å²) in [6.45, 7) is 5.18. The maximum atomic E-state index is 12.2. The minimum Gasteiger partial charge on any atom is -0.395 e. The van der Waals surface area contributed by atoms with Crippen molar-refractivity contribution in [1.29, 1.82) is 0 Å². The fraction of sp³-hybridized carbons (Fsp3) is 0.652. The van der Waals surface area contributed by atoms with E-state index in [0.717, 1.165) is 13.0 Å².